The van der Waals surface area contributed by atoms with Crippen molar-refractivity contribution in [3.8, 4) is 0 Å². The van der Waals surface area contributed by atoms with E-state index in [0.717, 1.165) is 0 Å². The minimum absolute atomic E-state index is 0. The van der Waals surface area contributed by atoms with E-state index in [4.69, 9.17) is 5.11 Å². The summed E-state index contributed by atoms with van der Waals surface area (Å²) in [6.45, 7) is 0. The van der Waals surface area contributed by atoms with Crippen LogP contribution in [0.1, 0.15) is 0 Å². The zero-order chi connectivity index (χ0) is 4.28. The average molecular weight is 140 g/mol. The molecule has 0 radical (unpaired) electrons. The molecule has 0 atom stereocenters. The van der Waals surface area contributed by atoms with Crippen LogP contribution in [0.15, 0.2) is 0 Å². The minimum atomic E-state index is -1.18. The van der Waals surface area contributed by atoms with Gasteiger partial charge in [0.05, 0.1) is 0 Å². The van der Waals surface area contributed by atoms with Crippen molar-refractivity contribution in [2.45, 2.75) is 0 Å². The fourth-order valence-corrected chi connectivity index (χ4v) is 0. The maximum Gasteiger partial charge on any atom is 0.491 e. The summed E-state index contributed by atoms with van der Waals surface area (Å²) >= 11 is 0. The van der Waals surface area contributed by atoms with E-state index >= 15 is 0 Å². The van der Waals surface area contributed by atoms with Gasteiger partial charge >= 0.3 is 6.16 Å². The summed E-state index contributed by atoms with van der Waals surface area (Å²) in [5, 5.41) is 7.53. The third-order valence-corrected chi connectivity index (χ3v) is 0.524. The number of carboxylic acid groups (broad SMARTS) is 1. The van der Waals surface area contributed by atoms with Crippen LogP contribution >= 0.6 is 0 Å². The van der Waals surface area contributed by atoms with Gasteiger partial charge in [-0.1, -0.05) is 0 Å². The third kappa shape index (κ3) is 8.89. The molecule has 0 aromatic rings. The Kier molecular flexibility index (Phi) is 8.24. The maximum absolute atomic E-state index is 9.18. The molecule has 34 valence electrons. The van der Waals surface area contributed by atoms with Crippen LogP contribution in [0.2, 0.25) is 0 Å². The Morgan fingerprint density at radius 1 is 1.83 bits per heavy atom. The first kappa shape index (κ1) is 9.50. The van der Waals surface area contributed by atoms with Crippen molar-refractivity contribution in [2.75, 3.05) is 0 Å². The Labute approximate surface area is 53.1 Å². The second-order valence-electron chi connectivity index (χ2n) is 0.470. The predicted molar refractivity (Wildman–Crippen MR) is 19.0 cm³/mol. The second-order valence-corrected chi connectivity index (χ2v) is 0.878. The molecule has 0 aliphatic rings. The fourth-order valence-electron chi connectivity index (χ4n) is 0. The van der Waals surface area contributed by atoms with E-state index in [1.807, 2.05) is 0 Å². The van der Waals surface area contributed by atoms with Crippen LogP contribution in [-0.2, 0) is 26.1 Å². The van der Waals surface area contributed by atoms with E-state index in [9.17, 15) is 4.79 Å². The van der Waals surface area contributed by atoms with E-state index in [1.165, 1.54) is 0 Å². The molecule has 0 saturated heterocycles. The maximum atomic E-state index is 9.18. The van der Waals surface area contributed by atoms with Gasteiger partial charge in [0.25, 0.3) is 0 Å². The van der Waals surface area contributed by atoms with Gasteiger partial charge in [-0.25, -0.2) is 4.79 Å². The van der Waals surface area contributed by atoms with Gasteiger partial charge in [0.15, 0.2) is 0 Å². The molecule has 5 heteroatoms. The molecule has 1 N–H and O–H groups in total. The van der Waals surface area contributed by atoms with Gasteiger partial charge in [0.1, 0.15) is 0 Å². The van der Waals surface area contributed by atoms with Gasteiger partial charge in [0, 0.05) is 21.7 Å². The topological polar surface area (TPSA) is 46.5 Å². The fraction of sp³-hybridized carbons (Fsp3) is 0. The monoisotopic (exact) mass is 140 g/mol. The molecule has 0 fully saturated rings. The normalized spacial score (nSPS) is 6.00. The van der Waals surface area contributed by atoms with Crippen molar-refractivity contribution < 1.29 is 36.0 Å². The number of carbonyl (C=O) groups is 1. The molecule has 0 aliphatic carbocycles. The first-order valence-corrected chi connectivity index (χ1v) is 1.86. The van der Waals surface area contributed by atoms with E-state index in [2.05, 4.69) is 4.43 Å². The van der Waals surface area contributed by atoms with Gasteiger partial charge in [-0.15, -0.1) is 0 Å². The molecule has 0 amide bonds. The summed E-state index contributed by atoms with van der Waals surface area (Å²) in [6, 6.07) is 0. The number of hydrogen-bond donors (Lipinski definition) is 1. The molecule has 0 aromatic heterocycles. The summed E-state index contributed by atoms with van der Waals surface area (Å²) in [4.78, 5) is 9.18. The molecule has 0 spiro atoms. The summed E-state index contributed by atoms with van der Waals surface area (Å²) in [5.74, 6) is 0. The zero-order valence-electron chi connectivity index (χ0n) is 3.26. The Balaban J connectivity index is 0. The smallest absolute Gasteiger partial charge is 0.491 e. The van der Waals surface area contributed by atoms with Gasteiger partial charge in [-0.3, -0.25) is 0 Å². The number of rotatable bonds is 0. The number of hydrogen-bond acceptors (Lipinski definition) is 2. The molecule has 0 heterocycles. The summed E-state index contributed by atoms with van der Waals surface area (Å²) < 4.78 is 3.81. The first-order valence-electron chi connectivity index (χ1n) is 1.04. The quantitative estimate of drug-likeness (QED) is 0.437. The van der Waals surface area contributed by atoms with E-state index in [0.29, 0.717) is 0 Å². The van der Waals surface area contributed by atoms with Gasteiger partial charge < -0.3 is 9.53 Å². The van der Waals surface area contributed by atoms with E-state index < -0.39 is 6.16 Å². The molecule has 0 aliphatic heterocycles. The van der Waals surface area contributed by atoms with Crippen LogP contribution in [0.3, 0.4) is 0 Å². The first-order chi connectivity index (χ1) is 2.27. The van der Waals surface area contributed by atoms with Crippen LogP contribution < -0.4 is 0 Å². The Morgan fingerprint density at radius 3 is 2.00 bits per heavy atom. The van der Waals surface area contributed by atoms with Crippen molar-refractivity contribution in [1.82, 2.24) is 0 Å². The van der Waals surface area contributed by atoms with Crippen molar-refractivity contribution in [3.63, 3.8) is 0 Å². The second kappa shape index (κ2) is 5.20. The molecular weight excluding hydrogens is 136 g/mol. The van der Waals surface area contributed by atoms with Gasteiger partial charge in [0.2, 0.25) is 10.5 Å². The average Bonchev–Trinajstić information content (AvgIpc) is 1.38. The Bertz CT molecular complexity index is 46.1. The molecule has 3 nitrogen and oxygen atoms in total. The van der Waals surface area contributed by atoms with Crippen molar-refractivity contribution in [1.29, 1.82) is 0 Å². The molecule has 6 heavy (non-hydrogen) atoms. The molecule has 0 bridgehead atoms. The predicted octanol–water partition coefficient (Wildman–Crippen LogP) is -1.04. The summed E-state index contributed by atoms with van der Waals surface area (Å²) in [7, 11) is 0.274. The van der Waals surface area contributed by atoms with Crippen LogP contribution in [0, 0.1) is 0 Å². The molecular formula is CH4O3SiTi. The van der Waals surface area contributed by atoms with Crippen molar-refractivity contribution in [2.24, 2.45) is 0 Å². The largest absolute Gasteiger partial charge is 0.499 e. The zero-order valence-corrected chi connectivity index (χ0v) is 6.83. The van der Waals surface area contributed by atoms with Gasteiger partial charge in [-0.05, 0) is 0 Å². The van der Waals surface area contributed by atoms with Gasteiger partial charge in [-0.2, -0.15) is 0 Å². The molecule has 0 rings (SSSR count). The third-order valence-electron chi connectivity index (χ3n) is 0.175. The molecule has 0 unspecified atom stereocenters. The Morgan fingerprint density at radius 2 is 2.00 bits per heavy atom. The molecule has 0 saturated carbocycles. The standard InChI is InChI=1S/CH4O3Si.Ti/c2-1(3)4-5;/h5H3,(H,2,3);. The summed E-state index contributed by atoms with van der Waals surface area (Å²) in [5.41, 5.74) is 0. The van der Waals surface area contributed by atoms with Crippen molar-refractivity contribution in [3.05, 3.63) is 0 Å². The van der Waals surface area contributed by atoms with Crippen LogP contribution in [0.4, 0.5) is 4.79 Å². The minimum Gasteiger partial charge on any atom is -0.499 e. The van der Waals surface area contributed by atoms with Crippen molar-refractivity contribution >= 4 is 16.6 Å². The SMILES string of the molecule is O=C(O)O[SiH3].[Ti]. The van der Waals surface area contributed by atoms with Crippen LogP contribution in [0.25, 0.3) is 0 Å². The summed E-state index contributed by atoms with van der Waals surface area (Å²) in [6.07, 6.45) is -1.18. The van der Waals surface area contributed by atoms with E-state index in [-0.39, 0.29) is 32.2 Å². The molecule has 0 aromatic carbocycles. The van der Waals surface area contributed by atoms with E-state index in [1.54, 1.807) is 0 Å². The Hall–Kier alpha value is 0.201. The van der Waals surface area contributed by atoms with Crippen LogP contribution in [-0.4, -0.2) is 21.7 Å². The van der Waals surface area contributed by atoms with Crippen LogP contribution in [0.5, 0.6) is 0 Å².